The zero-order chi connectivity index (χ0) is 11.9. The van der Waals surface area contributed by atoms with Crippen molar-refractivity contribution in [1.82, 2.24) is 14.9 Å². The van der Waals surface area contributed by atoms with E-state index >= 15 is 0 Å². The van der Waals surface area contributed by atoms with Gasteiger partial charge in [0.15, 0.2) is 0 Å². The van der Waals surface area contributed by atoms with E-state index in [1.54, 1.807) is 18.8 Å². The number of furan rings is 1. The minimum atomic E-state index is 0.0431. The summed E-state index contributed by atoms with van der Waals surface area (Å²) in [6.07, 6.45) is 8.04. The molecule has 17 heavy (non-hydrogen) atoms. The number of imidazole rings is 1. The molecule has 2 heterocycles. The third kappa shape index (κ3) is 3.79. The largest absolute Gasteiger partial charge is 0.469 e. The molecule has 0 unspecified atom stereocenters. The number of aryl methyl sites for hydroxylation is 1. The van der Waals surface area contributed by atoms with Gasteiger partial charge in [0, 0.05) is 38.3 Å². The Morgan fingerprint density at radius 1 is 1.53 bits per heavy atom. The van der Waals surface area contributed by atoms with Crippen LogP contribution in [-0.4, -0.2) is 22.0 Å². The summed E-state index contributed by atoms with van der Waals surface area (Å²) in [5, 5.41) is 2.85. The monoisotopic (exact) mass is 233 g/mol. The van der Waals surface area contributed by atoms with Crippen LogP contribution >= 0.6 is 0 Å². The van der Waals surface area contributed by atoms with Crippen molar-refractivity contribution < 1.29 is 9.21 Å². The summed E-state index contributed by atoms with van der Waals surface area (Å²) >= 11 is 0. The molecule has 0 aromatic carbocycles. The Labute approximate surface area is 99.5 Å². The predicted octanol–water partition coefficient (Wildman–Crippen LogP) is 1.23. The highest BCUT2D eigenvalue weighted by Gasteiger charge is 2.03. The van der Waals surface area contributed by atoms with Gasteiger partial charge >= 0.3 is 0 Å². The van der Waals surface area contributed by atoms with Crippen molar-refractivity contribution in [3.05, 3.63) is 42.9 Å². The number of carbonyl (C=O) groups excluding carboxylic acids is 1. The molecule has 0 aliphatic rings. The zero-order valence-electron chi connectivity index (χ0n) is 9.50. The quantitative estimate of drug-likeness (QED) is 0.816. The van der Waals surface area contributed by atoms with E-state index in [0.29, 0.717) is 19.4 Å². The van der Waals surface area contributed by atoms with Gasteiger partial charge in [-0.05, 0) is 12.1 Å². The first kappa shape index (κ1) is 11.4. The van der Waals surface area contributed by atoms with Gasteiger partial charge in [-0.15, -0.1) is 0 Å². The van der Waals surface area contributed by atoms with Crippen LogP contribution in [0.25, 0.3) is 0 Å². The van der Waals surface area contributed by atoms with Crippen LogP contribution in [0.15, 0.2) is 41.5 Å². The average Bonchev–Trinajstić information content (AvgIpc) is 2.99. The van der Waals surface area contributed by atoms with Crippen LogP contribution in [0.2, 0.25) is 0 Å². The van der Waals surface area contributed by atoms with Crippen LogP contribution < -0.4 is 5.32 Å². The highest BCUT2D eigenvalue weighted by molar-refractivity contribution is 5.75. The molecule has 0 saturated carbocycles. The minimum absolute atomic E-state index is 0.0431. The van der Waals surface area contributed by atoms with Gasteiger partial charge in [-0.3, -0.25) is 4.79 Å². The van der Waals surface area contributed by atoms with Gasteiger partial charge in [0.05, 0.1) is 12.6 Å². The van der Waals surface area contributed by atoms with Crippen LogP contribution in [-0.2, 0) is 17.8 Å². The minimum Gasteiger partial charge on any atom is -0.469 e. The van der Waals surface area contributed by atoms with Crippen molar-refractivity contribution in [3.8, 4) is 0 Å². The number of aromatic nitrogens is 2. The standard InChI is InChI=1S/C12H15N3O2/c16-12(4-3-11-2-1-9-17-11)14-6-8-15-7-5-13-10-15/h1-2,5,7,9-10H,3-4,6,8H2,(H,14,16). The van der Waals surface area contributed by atoms with Crippen molar-refractivity contribution in [2.24, 2.45) is 0 Å². The Morgan fingerprint density at radius 2 is 2.47 bits per heavy atom. The summed E-state index contributed by atoms with van der Waals surface area (Å²) in [7, 11) is 0. The fraction of sp³-hybridized carbons (Fsp3) is 0.333. The van der Waals surface area contributed by atoms with Crippen LogP contribution in [0.1, 0.15) is 12.2 Å². The van der Waals surface area contributed by atoms with E-state index in [2.05, 4.69) is 10.3 Å². The molecule has 0 fully saturated rings. The first-order chi connectivity index (χ1) is 8.34. The molecule has 0 aliphatic carbocycles. The first-order valence-electron chi connectivity index (χ1n) is 5.59. The smallest absolute Gasteiger partial charge is 0.220 e. The number of hydrogen-bond donors (Lipinski definition) is 1. The van der Waals surface area contributed by atoms with Gasteiger partial charge in [-0.25, -0.2) is 4.98 Å². The fourth-order valence-electron chi connectivity index (χ4n) is 1.52. The van der Waals surface area contributed by atoms with Crippen molar-refractivity contribution >= 4 is 5.91 Å². The van der Waals surface area contributed by atoms with Crippen molar-refractivity contribution in [2.45, 2.75) is 19.4 Å². The summed E-state index contributed by atoms with van der Waals surface area (Å²) in [5.41, 5.74) is 0. The van der Waals surface area contributed by atoms with Gasteiger partial charge in [0.25, 0.3) is 0 Å². The van der Waals surface area contributed by atoms with Crippen molar-refractivity contribution in [2.75, 3.05) is 6.54 Å². The highest BCUT2D eigenvalue weighted by atomic mass is 16.3. The third-order valence-electron chi connectivity index (χ3n) is 2.43. The summed E-state index contributed by atoms with van der Waals surface area (Å²) in [6.45, 7) is 1.36. The molecule has 2 aromatic rings. The number of carbonyl (C=O) groups is 1. The molecule has 1 N–H and O–H groups in total. The molecular weight excluding hydrogens is 218 g/mol. The van der Waals surface area contributed by atoms with E-state index < -0.39 is 0 Å². The lowest BCUT2D eigenvalue weighted by molar-refractivity contribution is -0.121. The number of nitrogens with zero attached hydrogens (tertiary/aromatic N) is 2. The second-order valence-electron chi connectivity index (χ2n) is 3.73. The molecule has 0 spiro atoms. The number of rotatable bonds is 6. The Hall–Kier alpha value is -2.04. The normalized spacial score (nSPS) is 10.4. The van der Waals surface area contributed by atoms with E-state index in [9.17, 15) is 4.79 Å². The van der Waals surface area contributed by atoms with E-state index in [1.165, 1.54) is 0 Å². The third-order valence-corrected chi connectivity index (χ3v) is 2.43. The van der Waals surface area contributed by atoms with E-state index in [1.807, 2.05) is 22.9 Å². The predicted molar refractivity (Wildman–Crippen MR) is 62.3 cm³/mol. The number of amides is 1. The Kier molecular flexibility index (Phi) is 3.96. The molecule has 0 bridgehead atoms. The molecule has 5 nitrogen and oxygen atoms in total. The molecule has 0 aliphatic heterocycles. The molecule has 0 atom stereocenters. The van der Waals surface area contributed by atoms with Crippen molar-refractivity contribution in [3.63, 3.8) is 0 Å². The van der Waals surface area contributed by atoms with Crippen LogP contribution in [0.3, 0.4) is 0 Å². The summed E-state index contributed by atoms with van der Waals surface area (Å²) in [5.74, 6) is 0.885. The van der Waals surface area contributed by atoms with E-state index in [-0.39, 0.29) is 5.91 Å². The SMILES string of the molecule is O=C(CCc1ccco1)NCCn1ccnc1. The van der Waals surface area contributed by atoms with Crippen LogP contribution in [0.5, 0.6) is 0 Å². The molecule has 5 heteroatoms. The van der Waals surface area contributed by atoms with Crippen molar-refractivity contribution in [1.29, 1.82) is 0 Å². The second kappa shape index (κ2) is 5.89. The highest BCUT2D eigenvalue weighted by Crippen LogP contribution is 2.02. The Morgan fingerprint density at radius 3 is 3.18 bits per heavy atom. The van der Waals surface area contributed by atoms with Crippen LogP contribution in [0.4, 0.5) is 0 Å². The van der Waals surface area contributed by atoms with Gasteiger partial charge in [-0.2, -0.15) is 0 Å². The van der Waals surface area contributed by atoms with E-state index in [0.717, 1.165) is 12.3 Å². The molecular formula is C12H15N3O2. The number of nitrogens with one attached hydrogen (secondary N) is 1. The molecule has 2 rings (SSSR count). The van der Waals surface area contributed by atoms with Crippen LogP contribution in [0, 0.1) is 0 Å². The fourth-order valence-corrected chi connectivity index (χ4v) is 1.52. The summed E-state index contributed by atoms with van der Waals surface area (Å²) < 4.78 is 7.08. The topological polar surface area (TPSA) is 60.1 Å². The van der Waals surface area contributed by atoms with Gasteiger partial charge in [-0.1, -0.05) is 0 Å². The molecule has 1 amide bonds. The maximum absolute atomic E-state index is 11.5. The number of hydrogen-bond acceptors (Lipinski definition) is 3. The molecule has 0 saturated heterocycles. The van der Waals surface area contributed by atoms with Gasteiger partial charge in [0.2, 0.25) is 5.91 Å². The second-order valence-corrected chi connectivity index (χ2v) is 3.73. The molecule has 0 radical (unpaired) electrons. The maximum Gasteiger partial charge on any atom is 0.220 e. The van der Waals surface area contributed by atoms with E-state index in [4.69, 9.17) is 4.42 Å². The molecule has 90 valence electrons. The zero-order valence-corrected chi connectivity index (χ0v) is 9.50. The average molecular weight is 233 g/mol. The lowest BCUT2D eigenvalue weighted by atomic mass is 10.2. The van der Waals surface area contributed by atoms with Gasteiger partial charge in [0.1, 0.15) is 5.76 Å². The Balaban J connectivity index is 1.61. The Bertz CT molecular complexity index is 434. The summed E-state index contributed by atoms with van der Waals surface area (Å²) in [4.78, 5) is 15.4. The van der Waals surface area contributed by atoms with Gasteiger partial charge < -0.3 is 14.3 Å². The first-order valence-corrected chi connectivity index (χ1v) is 5.59. The molecule has 2 aromatic heterocycles. The lowest BCUT2D eigenvalue weighted by Gasteiger charge is -2.04. The lowest BCUT2D eigenvalue weighted by Crippen LogP contribution is -2.27. The maximum atomic E-state index is 11.5. The summed E-state index contributed by atoms with van der Waals surface area (Å²) in [6, 6.07) is 3.70.